The van der Waals surface area contributed by atoms with Gasteiger partial charge in [0.2, 0.25) is 0 Å². The Morgan fingerprint density at radius 3 is 2.28 bits per heavy atom. The molecule has 1 heterocycles. The minimum atomic E-state index is -0.973. The topological polar surface area (TPSA) is 76.1 Å². The minimum absolute atomic E-state index is 0.0343. The van der Waals surface area contributed by atoms with E-state index in [-0.39, 0.29) is 32.3 Å². The summed E-state index contributed by atoms with van der Waals surface area (Å²) >= 11 is 0. The van der Waals surface area contributed by atoms with E-state index in [9.17, 15) is 14.7 Å². The molecule has 1 fully saturated rings. The van der Waals surface area contributed by atoms with Gasteiger partial charge in [-0.05, 0) is 36.1 Å². The quantitative estimate of drug-likeness (QED) is 0.857. The molecule has 6 nitrogen and oxygen atoms in total. The van der Waals surface area contributed by atoms with E-state index in [1.165, 1.54) is 16.0 Å². The Kier molecular flexibility index (Phi) is 5.04. The van der Waals surface area contributed by atoms with Crippen molar-refractivity contribution in [2.24, 2.45) is 5.92 Å². The fourth-order valence-electron chi connectivity index (χ4n) is 4.19. The largest absolute Gasteiger partial charge is 0.481 e. The van der Waals surface area contributed by atoms with Crippen LogP contribution >= 0.6 is 0 Å². The van der Waals surface area contributed by atoms with E-state index in [2.05, 4.69) is 24.3 Å². The fourth-order valence-corrected chi connectivity index (χ4v) is 4.19. The van der Waals surface area contributed by atoms with Gasteiger partial charge in [0.15, 0.2) is 0 Å². The number of benzene rings is 2. The van der Waals surface area contributed by atoms with E-state index < -0.39 is 23.5 Å². The van der Waals surface area contributed by atoms with Crippen molar-refractivity contribution in [3.63, 3.8) is 0 Å². The zero-order valence-electron chi connectivity index (χ0n) is 16.6. The van der Waals surface area contributed by atoms with Gasteiger partial charge in [-0.25, -0.2) is 4.79 Å². The van der Waals surface area contributed by atoms with Crippen LogP contribution < -0.4 is 0 Å². The highest BCUT2D eigenvalue weighted by Crippen LogP contribution is 2.44. The van der Waals surface area contributed by atoms with Crippen molar-refractivity contribution in [2.75, 3.05) is 26.4 Å². The molecule has 6 heteroatoms. The molecule has 2 aliphatic rings. The third kappa shape index (κ3) is 3.60. The second-order valence-corrected chi connectivity index (χ2v) is 8.28. The van der Waals surface area contributed by atoms with Crippen LogP contribution in [0.25, 0.3) is 11.1 Å². The summed E-state index contributed by atoms with van der Waals surface area (Å²) in [5, 5.41) is 9.40. The molecule has 152 valence electrons. The van der Waals surface area contributed by atoms with Gasteiger partial charge in [0, 0.05) is 12.5 Å². The third-order valence-corrected chi connectivity index (χ3v) is 5.81. The molecule has 2 aromatic carbocycles. The second kappa shape index (κ2) is 7.52. The average Bonchev–Trinajstić information content (AvgIpc) is 2.91. The lowest BCUT2D eigenvalue weighted by molar-refractivity contribution is -0.143. The van der Waals surface area contributed by atoms with Crippen LogP contribution in [0, 0.1) is 5.92 Å². The van der Waals surface area contributed by atoms with Crippen molar-refractivity contribution in [1.29, 1.82) is 0 Å². The number of rotatable bonds is 3. The molecular formula is C23H25NO5. The normalized spacial score (nSPS) is 20.5. The summed E-state index contributed by atoms with van der Waals surface area (Å²) < 4.78 is 11.2. The highest BCUT2D eigenvalue weighted by Gasteiger charge is 2.39. The van der Waals surface area contributed by atoms with Crippen molar-refractivity contribution < 1.29 is 24.2 Å². The van der Waals surface area contributed by atoms with Crippen LogP contribution in [0.5, 0.6) is 0 Å². The Morgan fingerprint density at radius 1 is 1.10 bits per heavy atom. The predicted octanol–water partition coefficient (Wildman–Crippen LogP) is 3.75. The summed E-state index contributed by atoms with van der Waals surface area (Å²) in [6.07, 6.45) is -0.506. The van der Waals surface area contributed by atoms with Crippen molar-refractivity contribution in [1.82, 2.24) is 4.90 Å². The van der Waals surface area contributed by atoms with Gasteiger partial charge in [0.1, 0.15) is 6.61 Å². The predicted molar refractivity (Wildman–Crippen MR) is 108 cm³/mol. The smallest absolute Gasteiger partial charge is 0.410 e. The summed E-state index contributed by atoms with van der Waals surface area (Å²) in [5.41, 5.74) is 3.97. The number of nitrogens with zero attached hydrogens (tertiary/aromatic N) is 1. The van der Waals surface area contributed by atoms with Crippen molar-refractivity contribution >= 4 is 12.1 Å². The molecule has 2 aromatic rings. The lowest BCUT2D eigenvalue weighted by Crippen LogP contribution is -2.51. The maximum Gasteiger partial charge on any atom is 0.410 e. The lowest BCUT2D eigenvalue weighted by Gasteiger charge is -2.36. The molecule has 0 bridgehead atoms. The van der Waals surface area contributed by atoms with Crippen LogP contribution in [0.4, 0.5) is 4.79 Å². The molecule has 1 unspecified atom stereocenters. The van der Waals surface area contributed by atoms with E-state index in [4.69, 9.17) is 9.47 Å². The number of hydrogen-bond acceptors (Lipinski definition) is 4. The molecule has 1 saturated heterocycles. The third-order valence-electron chi connectivity index (χ3n) is 5.81. The summed E-state index contributed by atoms with van der Waals surface area (Å²) in [5.74, 6) is -1.77. The first kappa shape index (κ1) is 19.5. The Morgan fingerprint density at radius 2 is 1.69 bits per heavy atom. The molecular weight excluding hydrogens is 370 g/mol. The van der Waals surface area contributed by atoms with Gasteiger partial charge in [0.05, 0.1) is 24.7 Å². The molecule has 0 aromatic heterocycles. The molecule has 0 saturated carbocycles. The Bertz CT molecular complexity index is 893. The monoisotopic (exact) mass is 395 g/mol. The standard InChI is InChI=1S/C23H25NO5/c1-23(2)14-28-12-15(21(25)26)11-24(23)22(27)29-13-20-18-9-5-3-7-16(18)17-8-4-6-10-19(17)20/h3-10,15,20H,11-14H2,1-2H3,(H,25,26). The zero-order chi connectivity index (χ0) is 20.6. The molecule has 0 spiro atoms. The molecule has 1 amide bonds. The van der Waals surface area contributed by atoms with Crippen molar-refractivity contribution in [3.05, 3.63) is 59.7 Å². The number of aliphatic carboxylic acids is 1. The van der Waals surface area contributed by atoms with E-state index >= 15 is 0 Å². The SMILES string of the molecule is CC1(C)COCC(C(=O)O)CN1C(=O)OCC1c2ccccc2-c2ccccc21. The van der Waals surface area contributed by atoms with Crippen LogP contribution in [0.3, 0.4) is 0 Å². The number of carboxylic acids is 1. The Hall–Kier alpha value is -2.86. The fraction of sp³-hybridized carbons (Fsp3) is 0.391. The zero-order valence-corrected chi connectivity index (χ0v) is 16.6. The number of ether oxygens (including phenoxy) is 2. The van der Waals surface area contributed by atoms with E-state index in [0.29, 0.717) is 0 Å². The van der Waals surface area contributed by atoms with E-state index in [1.807, 2.05) is 38.1 Å². The van der Waals surface area contributed by atoms with Crippen LogP contribution in [-0.4, -0.2) is 54.0 Å². The number of carbonyl (C=O) groups excluding carboxylic acids is 1. The summed E-state index contributed by atoms with van der Waals surface area (Å²) in [6.45, 7) is 4.35. The van der Waals surface area contributed by atoms with Crippen LogP contribution in [0.2, 0.25) is 0 Å². The maximum atomic E-state index is 13.0. The first-order chi connectivity index (χ1) is 13.9. The molecule has 1 atom stereocenters. The Balaban J connectivity index is 1.54. The van der Waals surface area contributed by atoms with Gasteiger partial charge >= 0.3 is 12.1 Å². The summed E-state index contributed by atoms with van der Waals surface area (Å²) in [7, 11) is 0. The molecule has 1 N–H and O–H groups in total. The highest BCUT2D eigenvalue weighted by atomic mass is 16.6. The summed E-state index contributed by atoms with van der Waals surface area (Å²) in [6, 6.07) is 16.3. The lowest BCUT2D eigenvalue weighted by atomic mass is 9.98. The first-order valence-electron chi connectivity index (χ1n) is 9.81. The number of amides is 1. The van der Waals surface area contributed by atoms with Gasteiger partial charge < -0.3 is 14.6 Å². The van der Waals surface area contributed by atoms with Crippen LogP contribution in [0.1, 0.15) is 30.9 Å². The molecule has 1 aliphatic carbocycles. The Labute approximate surface area is 170 Å². The van der Waals surface area contributed by atoms with Gasteiger partial charge in [-0.1, -0.05) is 48.5 Å². The van der Waals surface area contributed by atoms with Gasteiger partial charge in [-0.2, -0.15) is 0 Å². The van der Waals surface area contributed by atoms with Crippen LogP contribution in [-0.2, 0) is 14.3 Å². The number of fused-ring (bicyclic) bond motifs is 3. The number of carboxylic acid groups (broad SMARTS) is 1. The van der Waals surface area contributed by atoms with Crippen molar-refractivity contribution in [2.45, 2.75) is 25.3 Å². The maximum absolute atomic E-state index is 13.0. The van der Waals surface area contributed by atoms with Gasteiger partial charge in [-0.15, -0.1) is 0 Å². The van der Waals surface area contributed by atoms with Crippen LogP contribution in [0.15, 0.2) is 48.5 Å². The number of carbonyl (C=O) groups is 2. The van der Waals surface area contributed by atoms with Crippen molar-refractivity contribution in [3.8, 4) is 11.1 Å². The average molecular weight is 395 g/mol. The molecule has 29 heavy (non-hydrogen) atoms. The number of hydrogen-bond donors (Lipinski definition) is 1. The molecule has 4 rings (SSSR count). The summed E-state index contributed by atoms with van der Waals surface area (Å²) in [4.78, 5) is 25.9. The van der Waals surface area contributed by atoms with Gasteiger partial charge in [0.25, 0.3) is 0 Å². The first-order valence-corrected chi connectivity index (χ1v) is 9.81. The highest BCUT2D eigenvalue weighted by molar-refractivity contribution is 5.79. The van der Waals surface area contributed by atoms with Gasteiger partial charge in [-0.3, -0.25) is 9.69 Å². The second-order valence-electron chi connectivity index (χ2n) is 8.28. The molecule has 1 aliphatic heterocycles. The minimum Gasteiger partial charge on any atom is -0.481 e. The molecule has 0 radical (unpaired) electrons. The van der Waals surface area contributed by atoms with E-state index in [1.54, 1.807) is 0 Å². The van der Waals surface area contributed by atoms with E-state index in [0.717, 1.165) is 11.1 Å².